The van der Waals surface area contributed by atoms with Crippen molar-refractivity contribution in [3.8, 4) is 0 Å². The third kappa shape index (κ3) is 4.16. The number of hydrogen-bond donors (Lipinski definition) is 1. The fourth-order valence-electron chi connectivity index (χ4n) is 3.32. The number of carbonyl (C=O) groups excluding carboxylic acids is 1. The summed E-state index contributed by atoms with van der Waals surface area (Å²) in [5, 5.41) is 3.82. The predicted octanol–water partition coefficient (Wildman–Crippen LogP) is 5.50. The molecule has 4 rings (SSSR count). The normalized spacial score (nSPS) is 14.5. The molecule has 0 radical (unpaired) electrons. The molecule has 1 aliphatic heterocycles. The molecule has 30 heavy (non-hydrogen) atoms. The molecule has 0 bridgehead atoms. The molecule has 1 fully saturated rings. The number of aromatic nitrogens is 2. The number of nitrogens with zero attached hydrogens (tertiary/aromatic N) is 3. The molecule has 3 aromatic rings. The number of fused-ring (bicyclic) bond motifs is 1. The van der Waals surface area contributed by atoms with Crippen LogP contribution in [0, 0.1) is 5.82 Å². The van der Waals surface area contributed by atoms with E-state index in [-0.39, 0.29) is 22.7 Å². The van der Waals surface area contributed by atoms with Crippen LogP contribution >= 0.6 is 11.6 Å². The van der Waals surface area contributed by atoms with Gasteiger partial charge in [0.1, 0.15) is 17.7 Å². The highest BCUT2D eigenvalue weighted by Gasteiger charge is 2.34. The predicted molar refractivity (Wildman–Crippen MR) is 115 cm³/mol. The lowest BCUT2D eigenvalue weighted by atomic mass is 9.91. The molecule has 6 nitrogen and oxygen atoms in total. The summed E-state index contributed by atoms with van der Waals surface area (Å²) < 4.78 is 19.7. The lowest BCUT2D eigenvalue weighted by Crippen LogP contribution is -2.50. The van der Waals surface area contributed by atoms with Crippen LogP contribution in [0.4, 0.5) is 20.7 Å². The van der Waals surface area contributed by atoms with E-state index >= 15 is 0 Å². The maximum absolute atomic E-state index is 14.3. The third-order valence-electron chi connectivity index (χ3n) is 4.87. The Labute approximate surface area is 179 Å². The maximum Gasteiger partial charge on any atom is 0.410 e. The average molecular weight is 429 g/mol. The number of amides is 1. The number of hydrogen-bond acceptors (Lipinski definition) is 5. The average Bonchev–Trinajstić information content (AvgIpc) is 2.63. The third-order valence-corrected chi connectivity index (χ3v) is 5.16. The lowest BCUT2D eigenvalue weighted by molar-refractivity contribution is 0.00820. The molecular formula is C22H22ClFN4O2. The summed E-state index contributed by atoms with van der Waals surface area (Å²) in [6.45, 7) is 6.72. The van der Waals surface area contributed by atoms with Crippen molar-refractivity contribution >= 4 is 40.1 Å². The van der Waals surface area contributed by atoms with E-state index in [1.54, 1.807) is 17.0 Å². The van der Waals surface area contributed by atoms with Gasteiger partial charge in [0.15, 0.2) is 5.82 Å². The number of benzene rings is 2. The van der Waals surface area contributed by atoms with Crippen LogP contribution in [0.25, 0.3) is 10.9 Å². The lowest BCUT2D eigenvalue weighted by Gasteiger charge is -2.40. The van der Waals surface area contributed by atoms with Crippen LogP contribution in [0.5, 0.6) is 0 Å². The van der Waals surface area contributed by atoms with Gasteiger partial charge in [-0.1, -0.05) is 23.7 Å². The van der Waals surface area contributed by atoms with Crippen molar-refractivity contribution < 1.29 is 13.9 Å². The SMILES string of the molecule is CC(C)(C)OC(=O)N1CC(c2ccc3ncnc(Nc4cccc(Cl)c4F)c3c2)C1. The molecule has 1 aliphatic rings. The zero-order valence-electron chi connectivity index (χ0n) is 16.9. The van der Waals surface area contributed by atoms with Gasteiger partial charge in [-0.25, -0.2) is 19.2 Å². The summed E-state index contributed by atoms with van der Waals surface area (Å²) in [5.41, 5.74) is 1.53. The summed E-state index contributed by atoms with van der Waals surface area (Å²) in [6, 6.07) is 10.6. The van der Waals surface area contributed by atoms with Gasteiger partial charge in [0.25, 0.3) is 0 Å². The van der Waals surface area contributed by atoms with Crippen LogP contribution in [-0.4, -0.2) is 39.7 Å². The molecule has 0 spiro atoms. The summed E-state index contributed by atoms with van der Waals surface area (Å²) in [6.07, 6.45) is 1.13. The molecule has 0 aliphatic carbocycles. The highest BCUT2D eigenvalue weighted by Crippen LogP contribution is 2.33. The minimum atomic E-state index is -0.533. The molecule has 1 N–H and O–H groups in total. The van der Waals surface area contributed by atoms with Crippen molar-refractivity contribution in [1.29, 1.82) is 0 Å². The summed E-state index contributed by atoms with van der Waals surface area (Å²) in [4.78, 5) is 22.4. The number of ether oxygens (including phenoxy) is 1. The molecule has 2 aromatic carbocycles. The first-order valence-corrected chi connectivity index (χ1v) is 10.0. The van der Waals surface area contributed by atoms with Gasteiger partial charge in [0, 0.05) is 24.4 Å². The fraction of sp³-hybridized carbons (Fsp3) is 0.318. The molecule has 1 saturated heterocycles. The topological polar surface area (TPSA) is 67.3 Å². The Bertz CT molecular complexity index is 1110. The number of rotatable bonds is 3. The summed E-state index contributed by atoms with van der Waals surface area (Å²) >= 11 is 5.88. The van der Waals surface area contributed by atoms with Crippen molar-refractivity contribution in [3.63, 3.8) is 0 Å². The Morgan fingerprint density at radius 3 is 2.73 bits per heavy atom. The molecule has 1 amide bonds. The summed E-state index contributed by atoms with van der Waals surface area (Å²) in [7, 11) is 0. The maximum atomic E-state index is 14.3. The highest BCUT2D eigenvalue weighted by molar-refractivity contribution is 6.31. The molecule has 156 valence electrons. The van der Waals surface area contributed by atoms with Crippen LogP contribution in [0.1, 0.15) is 32.3 Å². The standard InChI is InChI=1S/C22H22ClFN4O2/c1-22(2,3)30-21(29)28-10-14(11-28)13-7-8-17-15(9-13)20(26-12-25-17)27-18-6-4-5-16(23)19(18)24/h4-9,12,14H,10-11H2,1-3H3,(H,25,26,27). The summed E-state index contributed by atoms with van der Waals surface area (Å²) in [5.74, 6) is 0.151. The minimum absolute atomic E-state index is 0.0377. The Morgan fingerprint density at radius 2 is 2.00 bits per heavy atom. The smallest absolute Gasteiger partial charge is 0.410 e. The largest absolute Gasteiger partial charge is 0.444 e. The second-order valence-corrected chi connectivity index (χ2v) is 8.71. The van der Waals surface area contributed by atoms with Gasteiger partial charge in [-0.3, -0.25) is 0 Å². The molecule has 8 heteroatoms. The Hall–Kier alpha value is -2.93. The number of halogens is 2. The van der Waals surface area contributed by atoms with Crippen molar-refractivity contribution in [3.05, 3.63) is 59.1 Å². The van der Waals surface area contributed by atoms with Gasteiger partial charge in [0.2, 0.25) is 0 Å². The molecule has 0 atom stereocenters. The molecular weight excluding hydrogens is 407 g/mol. The van der Waals surface area contributed by atoms with Gasteiger partial charge in [-0.2, -0.15) is 0 Å². The van der Waals surface area contributed by atoms with Crippen LogP contribution in [0.3, 0.4) is 0 Å². The first-order valence-electron chi connectivity index (χ1n) is 9.65. The van der Waals surface area contributed by atoms with Crippen LogP contribution in [0.2, 0.25) is 5.02 Å². The van der Waals surface area contributed by atoms with E-state index in [9.17, 15) is 9.18 Å². The number of nitrogens with one attached hydrogen (secondary N) is 1. The van der Waals surface area contributed by atoms with E-state index in [1.165, 1.54) is 12.4 Å². The Morgan fingerprint density at radius 1 is 1.23 bits per heavy atom. The second-order valence-electron chi connectivity index (χ2n) is 8.31. The Balaban J connectivity index is 1.55. The molecule has 0 saturated carbocycles. The first kappa shape index (κ1) is 20.3. The van der Waals surface area contributed by atoms with E-state index in [4.69, 9.17) is 16.3 Å². The number of carbonyl (C=O) groups is 1. The molecule has 1 aromatic heterocycles. The number of likely N-dealkylation sites (tertiary alicyclic amines) is 1. The second kappa shape index (κ2) is 7.72. The molecule has 2 heterocycles. The molecule has 0 unspecified atom stereocenters. The first-order chi connectivity index (χ1) is 14.2. The van der Waals surface area contributed by atoms with Crippen molar-refractivity contribution in [2.45, 2.75) is 32.3 Å². The van der Waals surface area contributed by atoms with Crippen molar-refractivity contribution in [2.75, 3.05) is 18.4 Å². The van der Waals surface area contributed by atoms with Gasteiger partial charge in [0.05, 0.1) is 16.2 Å². The van der Waals surface area contributed by atoms with E-state index in [2.05, 4.69) is 15.3 Å². The quantitative estimate of drug-likeness (QED) is 0.596. The van der Waals surface area contributed by atoms with E-state index in [0.717, 1.165) is 16.5 Å². The highest BCUT2D eigenvalue weighted by atomic mass is 35.5. The van der Waals surface area contributed by atoms with Crippen molar-refractivity contribution in [1.82, 2.24) is 14.9 Å². The number of anilines is 2. The van der Waals surface area contributed by atoms with Crippen LogP contribution in [0.15, 0.2) is 42.7 Å². The fourth-order valence-corrected chi connectivity index (χ4v) is 3.50. The van der Waals surface area contributed by atoms with Gasteiger partial charge in [-0.15, -0.1) is 0 Å². The van der Waals surface area contributed by atoms with Crippen LogP contribution < -0.4 is 5.32 Å². The van der Waals surface area contributed by atoms with E-state index in [1.807, 2.05) is 39.0 Å². The van der Waals surface area contributed by atoms with Gasteiger partial charge >= 0.3 is 6.09 Å². The minimum Gasteiger partial charge on any atom is -0.444 e. The van der Waals surface area contributed by atoms with E-state index in [0.29, 0.717) is 18.9 Å². The van der Waals surface area contributed by atoms with Crippen molar-refractivity contribution in [2.24, 2.45) is 0 Å². The zero-order chi connectivity index (χ0) is 21.5. The monoisotopic (exact) mass is 428 g/mol. The van der Waals surface area contributed by atoms with Gasteiger partial charge < -0.3 is 15.0 Å². The zero-order valence-corrected chi connectivity index (χ0v) is 17.7. The van der Waals surface area contributed by atoms with E-state index < -0.39 is 11.4 Å². The Kier molecular flexibility index (Phi) is 5.24. The van der Waals surface area contributed by atoms with Gasteiger partial charge in [-0.05, 0) is 50.6 Å². The van der Waals surface area contributed by atoms with Crippen LogP contribution in [-0.2, 0) is 4.74 Å².